The number of carbonyl (C=O) groups excluding carboxylic acids is 1. The molecule has 74 valence electrons. The first-order valence-corrected chi connectivity index (χ1v) is 4.93. The van der Waals surface area contributed by atoms with Crippen molar-refractivity contribution in [3.8, 4) is 0 Å². The standard InChI is InChI=1S/C9H11N3O2/c13-7-3-6(4-10-7)9-11-8(12-14-9)5-1-2-5/h5-6H,1-4H2,(H,10,13)/t6-/m0/s1. The maximum absolute atomic E-state index is 11.0. The van der Waals surface area contributed by atoms with Crippen LogP contribution in [-0.2, 0) is 4.79 Å². The molecule has 0 radical (unpaired) electrons. The summed E-state index contributed by atoms with van der Waals surface area (Å²) in [4.78, 5) is 15.3. The molecular weight excluding hydrogens is 182 g/mol. The van der Waals surface area contributed by atoms with Gasteiger partial charge in [0.25, 0.3) is 0 Å². The van der Waals surface area contributed by atoms with Crippen LogP contribution in [0.5, 0.6) is 0 Å². The predicted octanol–water partition coefficient (Wildman–Crippen LogP) is 0.550. The summed E-state index contributed by atoms with van der Waals surface area (Å²) in [7, 11) is 0. The molecule has 0 unspecified atom stereocenters. The molecule has 1 aliphatic heterocycles. The maximum atomic E-state index is 11.0. The van der Waals surface area contributed by atoms with Crippen molar-refractivity contribution in [2.24, 2.45) is 0 Å². The SMILES string of the molecule is O=C1C[C@H](c2nc(C3CC3)no2)CN1. The Bertz CT molecular complexity index is 370. The van der Waals surface area contributed by atoms with E-state index in [1.807, 2.05) is 0 Å². The van der Waals surface area contributed by atoms with E-state index in [0.717, 1.165) is 5.82 Å². The zero-order valence-corrected chi connectivity index (χ0v) is 7.69. The van der Waals surface area contributed by atoms with Gasteiger partial charge in [-0.25, -0.2) is 0 Å². The second-order valence-electron chi connectivity index (χ2n) is 3.97. The Hall–Kier alpha value is -1.39. The molecule has 1 saturated heterocycles. The summed E-state index contributed by atoms with van der Waals surface area (Å²) in [5, 5.41) is 6.68. The average molecular weight is 193 g/mol. The number of aromatic nitrogens is 2. The molecule has 2 aliphatic rings. The zero-order valence-electron chi connectivity index (χ0n) is 7.69. The van der Waals surface area contributed by atoms with Crippen LogP contribution in [0.1, 0.15) is 42.8 Å². The highest BCUT2D eigenvalue weighted by atomic mass is 16.5. The Balaban J connectivity index is 1.78. The molecule has 0 aromatic carbocycles. The fourth-order valence-electron chi connectivity index (χ4n) is 1.70. The molecular formula is C9H11N3O2. The van der Waals surface area contributed by atoms with Crippen LogP contribution >= 0.6 is 0 Å². The van der Waals surface area contributed by atoms with Crippen molar-refractivity contribution in [2.45, 2.75) is 31.1 Å². The number of amides is 1. The van der Waals surface area contributed by atoms with E-state index in [-0.39, 0.29) is 11.8 Å². The van der Waals surface area contributed by atoms with Crippen LogP contribution in [0.2, 0.25) is 0 Å². The molecule has 1 N–H and O–H groups in total. The quantitative estimate of drug-likeness (QED) is 0.744. The van der Waals surface area contributed by atoms with Gasteiger partial charge in [0.1, 0.15) is 0 Å². The number of hydrogen-bond acceptors (Lipinski definition) is 4. The normalized spacial score (nSPS) is 26.6. The first-order chi connectivity index (χ1) is 6.83. The number of carbonyl (C=O) groups is 1. The van der Waals surface area contributed by atoms with Crippen molar-refractivity contribution in [1.82, 2.24) is 15.5 Å². The van der Waals surface area contributed by atoms with Gasteiger partial charge >= 0.3 is 0 Å². The van der Waals surface area contributed by atoms with Crippen LogP contribution < -0.4 is 5.32 Å². The van der Waals surface area contributed by atoms with Gasteiger partial charge in [0.05, 0.1) is 5.92 Å². The second kappa shape index (κ2) is 2.80. The fraction of sp³-hybridized carbons (Fsp3) is 0.667. The Morgan fingerprint density at radius 3 is 2.86 bits per heavy atom. The summed E-state index contributed by atoms with van der Waals surface area (Å²) in [5.41, 5.74) is 0. The first-order valence-electron chi connectivity index (χ1n) is 4.93. The molecule has 1 aromatic rings. The van der Waals surface area contributed by atoms with E-state index in [1.165, 1.54) is 12.8 Å². The Labute approximate surface area is 80.9 Å². The number of nitrogens with zero attached hydrogens (tertiary/aromatic N) is 2. The molecule has 0 bridgehead atoms. The van der Waals surface area contributed by atoms with Crippen LogP contribution in [-0.4, -0.2) is 22.6 Å². The Morgan fingerprint density at radius 2 is 2.21 bits per heavy atom. The molecule has 3 rings (SSSR count). The molecule has 2 fully saturated rings. The summed E-state index contributed by atoms with van der Waals surface area (Å²) in [6.07, 6.45) is 2.81. The summed E-state index contributed by atoms with van der Waals surface area (Å²) >= 11 is 0. The summed E-state index contributed by atoms with van der Waals surface area (Å²) < 4.78 is 5.14. The predicted molar refractivity (Wildman–Crippen MR) is 46.6 cm³/mol. The van der Waals surface area contributed by atoms with Crippen molar-refractivity contribution in [2.75, 3.05) is 6.54 Å². The van der Waals surface area contributed by atoms with Crippen LogP contribution in [0.25, 0.3) is 0 Å². The van der Waals surface area contributed by atoms with Gasteiger partial charge in [-0.2, -0.15) is 4.98 Å². The molecule has 1 aliphatic carbocycles. The molecule has 1 atom stereocenters. The van der Waals surface area contributed by atoms with E-state index in [9.17, 15) is 4.79 Å². The van der Waals surface area contributed by atoms with Gasteiger partial charge in [-0.05, 0) is 12.8 Å². The van der Waals surface area contributed by atoms with Crippen LogP contribution in [0.4, 0.5) is 0 Å². The lowest BCUT2D eigenvalue weighted by molar-refractivity contribution is -0.119. The second-order valence-corrected chi connectivity index (χ2v) is 3.97. The molecule has 0 spiro atoms. The lowest BCUT2D eigenvalue weighted by atomic mass is 10.1. The van der Waals surface area contributed by atoms with Gasteiger partial charge in [-0.1, -0.05) is 5.16 Å². The number of rotatable bonds is 2. The molecule has 2 heterocycles. The molecule has 1 saturated carbocycles. The number of nitrogens with one attached hydrogen (secondary N) is 1. The van der Waals surface area contributed by atoms with Gasteiger partial charge in [-0.15, -0.1) is 0 Å². The third kappa shape index (κ3) is 1.29. The molecule has 1 aromatic heterocycles. The average Bonchev–Trinajstić information content (AvgIpc) is 2.76. The molecule has 5 heteroatoms. The number of hydrogen-bond donors (Lipinski definition) is 1. The summed E-state index contributed by atoms with van der Waals surface area (Å²) in [6, 6.07) is 0. The highest BCUT2D eigenvalue weighted by molar-refractivity contribution is 5.79. The lowest BCUT2D eigenvalue weighted by Crippen LogP contribution is -2.13. The van der Waals surface area contributed by atoms with E-state index in [1.54, 1.807) is 0 Å². The third-order valence-electron chi connectivity index (χ3n) is 2.73. The lowest BCUT2D eigenvalue weighted by Gasteiger charge is -1.96. The summed E-state index contributed by atoms with van der Waals surface area (Å²) in [6.45, 7) is 0.630. The highest BCUT2D eigenvalue weighted by Gasteiger charge is 2.32. The monoisotopic (exact) mass is 193 g/mol. The minimum atomic E-state index is 0.0705. The molecule has 5 nitrogen and oxygen atoms in total. The van der Waals surface area contributed by atoms with Crippen molar-refractivity contribution < 1.29 is 9.32 Å². The maximum Gasteiger partial charge on any atom is 0.232 e. The van der Waals surface area contributed by atoms with Gasteiger partial charge in [0, 0.05) is 18.9 Å². The van der Waals surface area contributed by atoms with E-state index in [0.29, 0.717) is 24.8 Å². The molecule has 1 amide bonds. The van der Waals surface area contributed by atoms with Crippen LogP contribution in [0, 0.1) is 0 Å². The Morgan fingerprint density at radius 1 is 1.36 bits per heavy atom. The van der Waals surface area contributed by atoms with Crippen molar-refractivity contribution in [3.05, 3.63) is 11.7 Å². The van der Waals surface area contributed by atoms with E-state index < -0.39 is 0 Å². The zero-order chi connectivity index (χ0) is 9.54. The van der Waals surface area contributed by atoms with E-state index in [4.69, 9.17) is 4.52 Å². The highest BCUT2D eigenvalue weighted by Crippen LogP contribution is 2.38. The summed E-state index contributed by atoms with van der Waals surface area (Å²) in [5.74, 6) is 2.10. The van der Waals surface area contributed by atoms with Gasteiger partial charge in [0.2, 0.25) is 11.8 Å². The van der Waals surface area contributed by atoms with Crippen LogP contribution in [0.3, 0.4) is 0 Å². The van der Waals surface area contributed by atoms with Crippen molar-refractivity contribution in [3.63, 3.8) is 0 Å². The molecule has 14 heavy (non-hydrogen) atoms. The third-order valence-corrected chi connectivity index (χ3v) is 2.73. The van der Waals surface area contributed by atoms with E-state index in [2.05, 4.69) is 15.5 Å². The largest absolute Gasteiger partial charge is 0.355 e. The van der Waals surface area contributed by atoms with E-state index >= 15 is 0 Å². The minimum absolute atomic E-state index is 0.0705. The van der Waals surface area contributed by atoms with Gasteiger partial charge in [-0.3, -0.25) is 4.79 Å². The fourth-order valence-corrected chi connectivity index (χ4v) is 1.70. The van der Waals surface area contributed by atoms with Crippen LogP contribution in [0.15, 0.2) is 4.52 Å². The van der Waals surface area contributed by atoms with Crippen molar-refractivity contribution in [1.29, 1.82) is 0 Å². The first kappa shape index (κ1) is 7.96. The van der Waals surface area contributed by atoms with Gasteiger partial charge in [0.15, 0.2) is 5.82 Å². The Kier molecular flexibility index (Phi) is 1.59. The van der Waals surface area contributed by atoms with Gasteiger partial charge < -0.3 is 9.84 Å². The van der Waals surface area contributed by atoms with Crippen molar-refractivity contribution >= 4 is 5.91 Å². The topological polar surface area (TPSA) is 68.0 Å². The smallest absolute Gasteiger partial charge is 0.232 e. The minimum Gasteiger partial charge on any atom is -0.355 e.